The van der Waals surface area contributed by atoms with E-state index in [4.69, 9.17) is 5.11 Å². The predicted octanol–water partition coefficient (Wildman–Crippen LogP) is 0.0575. The molecule has 1 N–H and O–H groups in total. The van der Waals surface area contributed by atoms with Crippen LogP contribution in [0.2, 0.25) is 0 Å². The number of carboxylic acid groups (broad SMARTS) is 1. The van der Waals surface area contributed by atoms with Crippen molar-refractivity contribution in [2.75, 3.05) is 13.1 Å². The third-order valence-electron chi connectivity index (χ3n) is 3.12. The van der Waals surface area contributed by atoms with Gasteiger partial charge in [0.2, 0.25) is 4.96 Å². The Hall–Kier alpha value is -1.80. The van der Waals surface area contributed by atoms with E-state index < -0.39 is 5.97 Å². The summed E-state index contributed by atoms with van der Waals surface area (Å²) < 4.78 is 1.28. The number of nitrogens with zero attached hydrogens (tertiary/aromatic N) is 4. The van der Waals surface area contributed by atoms with Crippen LogP contribution in [0.25, 0.3) is 4.96 Å². The highest BCUT2D eigenvalue weighted by atomic mass is 32.1. The van der Waals surface area contributed by atoms with Gasteiger partial charge in [-0.25, -0.2) is 4.98 Å². The summed E-state index contributed by atoms with van der Waals surface area (Å²) in [5, 5.41) is 12.6. The molecule has 0 unspecified atom stereocenters. The number of hydrogen-bond donors (Lipinski definition) is 1. The maximum Gasteiger partial charge on any atom is 0.303 e. The van der Waals surface area contributed by atoms with Gasteiger partial charge in [-0.15, -0.1) is 0 Å². The Labute approximate surface area is 112 Å². The first-order chi connectivity index (χ1) is 9.11. The van der Waals surface area contributed by atoms with Crippen molar-refractivity contribution in [2.24, 2.45) is 5.92 Å². The van der Waals surface area contributed by atoms with Crippen molar-refractivity contribution in [1.82, 2.24) is 19.5 Å². The van der Waals surface area contributed by atoms with Crippen LogP contribution in [0.5, 0.6) is 0 Å². The maximum absolute atomic E-state index is 11.7. The Morgan fingerprint density at radius 1 is 1.53 bits per heavy atom. The summed E-state index contributed by atoms with van der Waals surface area (Å²) in [6, 6.07) is 1.48. The topological polar surface area (TPSA) is 87.8 Å². The minimum atomic E-state index is -0.757. The molecule has 1 fully saturated rings. The molecule has 1 aliphatic rings. The summed E-state index contributed by atoms with van der Waals surface area (Å²) in [7, 11) is 0. The van der Waals surface area contributed by atoms with E-state index in [0.717, 1.165) is 13.1 Å². The molecule has 0 saturated carbocycles. The zero-order valence-electron chi connectivity index (χ0n) is 10.0. The molecule has 8 heteroatoms. The Bertz CT molecular complexity index is 674. The van der Waals surface area contributed by atoms with E-state index in [1.165, 1.54) is 21.9 Å². The molecule has 100 valence electrons. The highest BCUT2D eigenvalue weighted by molar-refractivity contribution is 7.14. The summed E-state index contributed by atoms with van der Waals surface area (Å²) >= 11 is 1.32. The number of aliphatic carboxylic acids is 1. The van der Waals surface area contributed by atoms with Crippen LogP contribution in [0.3, 0.4) is 0 Å². The molecule has 0 aromatic carbocycles. The zero-order valence-corrected chi connectivity index (χ0v) is 10.8. The lowest BCUT2D eigenvalue weighted by Crippen LogP contribution is -2.46. The first-order valence-electron chi connectivity index (χ1n) is 5.88. The van der Waals surface area contributed by atoms with Crippen molar-refractivity contribution in [2.45, 2.75) is 13.0 Å². The molecule has 3 heterocycles. The minimum Gasteiger partial charge on any atom is -0.481 e. The molecule has 19 heavy (non-hydrogen) atoms. The van der Waals surface area contributed by atoms with Crippen molar-refractivity contribution in [1.29, 1.82) is 0 Å². The Balaban J connectivity index is 1.67. The normalized spacial score (nSPS) is 16.6. The van der Waals surface area contributed by atoms with Gasteiger partial charge in [0.15, 0.2) is 0 Å². The Morgan fingerprint density at radius 2 is 2.32 bits per heavy atom. The molecule has 0 spiro atoms. The highest BCUT2D eigenvalue weighted by Gasteiger charge is 2.28. The second kappa shape index (κ2) is 4.71. The van der Waals surface area contributed by atoms with Gasteiger partial charge in [-0.05, 0) is 5.92 Å². The average molecular weight is 280 g/mol. The van der Waals surface area contributed by atoms with Gasteiger partial charge in [-0.3, -0.25) is 14.5 Å². The SMILES string of the molecule is O=C(O)CC1CN(Cc2cc(=O)n3ncsc3n2)C1. The van der Waals surface area contributed by atoms with Gasteiger partial charge in [-0.2, -0.15) is 9.61 Å². The zero-order chi connectivity index (χ0) is 13.4. The largest absolute Gasteiger partial charge is 0.481 e. The minimum absolute atomic E-state index is 0.177. The van der Waals surface area contributed by atoms with Crippen molar-refractivity contribution >= 4 is 22.3 Å². The lowest BCUT2D eigenvalue weighted by atomic mass is 9.96. The number of carbonyl (C=O) groups is 1. The summed E-state index contributed by atoms with van der Waals surface area (Å²) in [5.41, 5.74) is 2.12. The molecule has 0 bridgehead atoms. The van der Waals surface area contributed by atoms with Crippen molar-refractivity contribution in [3.8, 4) is 0 Å². The van der Waals surface area contributed by atoms with Gasteiger partial charge >= 0.3 is 5.97 Å². The monoisotopic (exact) mass is 280 g/mol. The van der Waals surface area contributed by atoms with E-state index in [1.54, 1.807) is 5.51 Å². The number of fused-ring (bicyclic) bond motifs is 1. The molecule has 2 aromatic rings. The molecule has 2 aromatic heterocycles. The molecule has 1 aliphatic heterocycles. The first-order valence-corrected chi connectivity index (χ1v) is 6.76. The smallest absolute Gasteiger partial charge is 0.303 e. The summed E-state index contributed by atoms with van der Waals surface area (Å²) in [6.07, 6.45) is 0.209. The van der Waals surface area contributed by atoms with E-state index >= 15 is 0 Å². The fourth-order valence-corrected chi connectivity index (χ4v) is 2.94. The molecule has 3 rings (SSSR count). The highest BCUT2D eigenvalue weighted by Crippen LogP contribution is 2.20. The third kappa shape index (κ3) is 2.49. The van der Waals surface area contributed by atoms with E-state index in [2.05, 4.69) is 15.0 Å². The van der Waals surface area contributed by atoms with Gasteiger partial charge in [0.05, 0.1) is 12.1 Å². The standard InChI is InChI=1S/C11H12N4O3S/c16-9-2-8(13-11-15(9)12-6-19-11)5-14-3-7(4-14)1-10(17)18/h2,6-7H,1,3-5H2,(H,17,18). The predicted molar refractivity (Wildman–Crippen MR) is 68.2 cm³/mol. The van der Waals surface area contributed by atoms with Gasteiger partial charge in [0, 0.05) is 25.7 Å². The van der Waals surface area contributed by atoms with Crippen molar-refractivity contribution < 1.29 is 9.90 Å². The van der Waals surface area contributed by atoms with E-state index in [0.29, 0.717) is 17.2 Å². The first kappa shape index (κ1) is 12.2. The number of carboxylic acids is 1. The molecule has 7 nitrogen and oxygen atoms in total. The van der Waals surface area contributed by atoms with Crippen LogP contribution in [0, 0.1) is 5.92 Å². The fourth-order valence-electron chi connectivity index (χ4n) is 2.29. The second-order valence-electron chi connectivity index (χ2n) is 4.68. The number of hydrogen-bond acceptors (Lipinski definition) is 6. The van der Waals surface area contributed by atoms with Crippen molar-refractivity contribution in [3.05, 3.63) is 27.6 Å². The van der Waals surface area contributed by atoms with Crippen molar-refractivity contribution in [3.63, 3.8) is 0 Å². The number of aromatic nitrogens is 3. The molecule has 1 saturated heterocycles. The van der Waals surface area contributed by atoms with Gasteiger partial charge in [0.1, 0.15) is 5.51 Å². The fraction of sp³-hybridized carbons (Fsp3) is 0.455. The van der Waals surface area contributed by atoms with Gasteiger partial charge in [0.25, 0.3) is 5.56 Å². The molecule has 0 amide bonds. The van der Waals surface area contributed by atoms with E-state index in [9.17, 15) is 9.59 Å². The molecule has 0 radical (unpaired) electrons. The molecular formula is C11H12N4O3S. The third-order valence-corrected chi connectivity index (χ3v) is 3.80. The van der Waals surface area contributed by atoms with Crippen LogP contribution in [-0.2, 0) is 11.3 Å². The van der Waals surface area contributed by atoms with Crippen LogP contribution < -0.4 is 5.56 Å². The lowest BCUT2D eigenvalue weighted by Gasteiger charge is -2.38. The van der Waals surface area contributed by atoms with Gasteiger partial charge < -0.3 is 5.11 Å². The van der Waals surface area contributed by atoms with Crippen LogP contribution in [0.15, 0.2) is 16.4 Å². The van der Waals surface area contributed by atoms with E-state index in [1.807, 2.05) is 0 Å². The lowest BCUT2D eigenvalue weighted by molar-refractivity contribution is -0.139. The average Bonchev–Trinajstić information content (AvgIpc) is 2.74. The molecule has 0 aliphatic carbocycles. The van der Waals surface area contributed by atoms with E-state index in [-0.39, 0.29) is 17.9 Å². The molecular weight excluding hydrogens is 268 g/mol. The van der Waals surface area contributed by atoms with Crippen LogP contribution in [0.1, 0.15) is 12.1 Å². The number of rotatable bonds is 4. The molecule has 0 atom stereocenters. The van der Waals surface area contributed by atoms with Crippen LogP contribution in [-0.4, -0.2) is 43.7 Å². The summed E-state index contributed by atoms with van der Waals surface area (Å²) in [6.45, 7) is 2.08. The number of likely N-dealkylation sites (tertiary alicyclic amines) is 1. The Kier molecular flexibility index (Phi) is 3.03. The summed E-state index contributed by atoms with van der Waals surface area (Å²) in [5.74, 6) is -0.544. The van der Waals surface area contributed by atoms with Crippen LogP contribution >= 0.6 is 11.3 Å². The second-order valence-corrected chi connectivity index (χ2v) is 5.49. The Morgan fingerprint density at radius 3 is 3.05 bits per heavy atom. The maximum atomic E-state index is 11.7. The quantitative estimate of drug-likeness (QED) is 0.852. The van der Waals surface area contributed by atoms with Gasteiger partial charge in [-0.1, -0.05) is 11.3 Å². The summed E-state index contributed by atoms with van der Waals surface area (Å²) in [4.78, 5) is 29.3. The van der Waals surface area contributed by atoms with Crippen LogP contribution in [0.4, 0.5) is 0 Å².